The maximum atomic E-state index is 5.93. The van der Waals surface area contributed by atoms with Gasteiger partial charge in [-0.05, 0) is 12.8 Å². The van der Waals surface area contributed by atoms with E-state index in [1.54, 1.807) is 11.3 Å². The number of rotatable bonds is 3. The van der Waals surface area contributed by atoms with Gasteiger partial charge in [-0.3, -0.25) is 0 Å². The van der Waals surface area contributed by atoms with Gasteiger partial charge in [0.15, 0.2) is 5.13 Å². The molecular weight excluding hydrogens is 282 g/mol. The molecule has 4 nitrogen and oxygen atoms in total. The van der Waals surface area contributed by atoms with Crippen LogP contribution in [0, 0.1) is 0 Å². The first-order chi connectivity index (χ1) is 10.3. The molecule has 2 N–H and O–H groups in total. The van der Waals surface area contributed by atoms with Crippen LogP contribution in [0.4, 0.5) is 5.13 Å². The standard InChI is InChI=1S/C16H19N3OS/c17-8-14-15(11-4-2-1-3-5-11)18-16(21-14)19-9-12-6-7-13(10-19)20-12/h1-5,12-13H,6-10,17H2. The molecule has 2 unspecified atom stereocenters. The Labute approximate surface area is 128 Å². The van der Waals surface area contributed by atoms with Crippen molar-refractivity contribution in [2.45, 2.75) is 31.6 Å². The summed E-state index contributed by atoms with van der Waals surface area (Å²) < 4.78 is 5.91. The van der Waals surface area contributed by atoms with Crippen LogP contribution < -0.4 is 10.6 Å². The summed E-state index contributed by atoms with van der Waals surface area (Å²) in [4.78, 5) is 8.42. The van der Waals surface area contributed by atoms with E-state index in [0.29, 0.717) is 18.8 Å². The fourth-order valence-corrected chi connectivity index (χ4v) is 4.18. The predicted molar refractivity (Wildman–Crippen MR) is 85.5 cm³/mol. The third kappa shape index (κ3) is 2.46. The molecular formula is C16H19N3OS. The Bertz CT molecular complexity index is 616. The third-order valence-corrected chi connectivity index (χ3v) is 5.37. The molecule has 2 aliphatic rings. The van der Waals surface area contributed by atoms with Crippen LogP contribution in [-0.4, -0.2) is 30.3 Å². The van der Waals surface area contributed by atoms with Crippen molar-refractivity contribution in [1.29, 1.82) is 0 Å². The normalized spacial score (nSPS) is 24.5. The minimum absolute atomic E-state index is 0.383. The van der Waals surface area contributed by atoms with Crippen LogP contribution in [0.15, 0.2) is 30.3 Å². The van der Waals surface area contributed by atoms with Crippen molar-refractivity contribution in [3.05, 3.63) is 35.2 Å². The van der Waals surface area contributed by atoms with Crippen LogP contribution in [-0.2, 0) is 11.3 Å². The average molecular weight is 301 g/mol. The summed E-state index contributed by atoms with van der Waals surface area (Å²) >= 11 is 1.73. The lowest BCUT2D eigenvalue weighted by molar-refractivity contribution is 0.0305. The van der Waals surface area contributed by atoms with Gasteiger partial charge >= 0.3 is 0 Å². The molecule has 1 aromatic heterocycles. The number of thiazole rings is 1. The molecule has 0 amide bonds. The Balaban J connectivity index is 1.66. The average Bonchev–Trinajstić information content (AvgIpc) is 3.11. The van der Waals surface area contributed by atoms with Crippen LogP contribution in [0.25, 0.3) is 11.3 Å². The number of aromatic nitrogens is 1. The number of nitrogens with zero attached hydrogens (tertiary/aromatic N) is 2. The maximum absolute atomic E-state index is 5.93. The highest BCUT2D eigenvalue weighted by Crippen LogP contribution is 2.36. The monoisotopic (exact) mass is 301 g/mol. The summed E-state index contributed by atoms with van der Waals surface area (Å²) in [6.45, 7) is 2.46. The van der Waals surface area contributed by atoms with Gasteiger partial charge < -0.3 is 15.4 Å². The predicted octanol–water partition coefficient (Wildman–Crippen LogP) is 2.64. The maximum Gasteiger partial charge on any atom is 0.186 e. The molecule has 110 valence electrons. The van der Waals surface area contributed by atoms with Crippen molar-refractivity contribution >= 4 is 16.5 Å². The molecule has 2 fully saturated rings. The van der Waals surface area contributed by atoms with Gasteiger partial charge in [-0.1, -0.05) is 41.7 Å². The summed E-state index contributed by atoms with van der Waals surface area (Å²) in [5, 5.41) is 1.09. The second-order valence-corrected chi connectivity index (χ2v) is 6.76. The van der Waals surface area contributed by atoms with Crippen molar-refractivity contribution in [1.82, 2.24) is 4.98 Å². The van der Waals surface area contributed by atoms with Crippen molar-refractivity contribution in [2.24, 2.45) is 5.73 Å². The van der Waals surface area contributed by atoms with Gasteiger partial charge in [0.2, 0.25) is 0 Å². The summed E-state index contributed by atoms with van der Waals surface area (Å²) in [7, 11) is 0. The van der Waals surface area contributed by atoms with Gasteiger partial charge in [0.25, 0.3) is 0 Å². The van der Waals surface area contributed by atoms with Crippen LogP contribution >= 0.6 is 11.3 Å². The first kappa shape index (κ1) is 13.2. The van der Waals surface area contributed by atoms with Crippen LogP contribution in [0.1, 0.15) is 17.7 Å². The molecule has 1 aromatic carbocycles. The van der Waals surface area contributed by atoms with Crippen LogP contribution in [0.2, 0.25) is 0 Å². The highest BCUT2D eigenvalue weighted by Gasteiger charge is 2.35. The number of hydrogen-bond donors (Lipinski definition) is 1. The molecule has 2 saturated heterocycles. The molecule has 21 heavy (non-hydrogen) atoms. The van der Waals surface area contributed by atoms with Gasteiger partial charge in [0.05, 0.1) is 17.9 Å². The van der Waals surface area contributed by atoms with E-state index in [9.17, 15) is 0 Å². The fourth-order valence-electron chi connectivity index (χ4n) is 3.21. The van der Waals surface area contributed by atoms with E-state index in [1.165, 1.54) is 12.8 Å². The van der Waals surface area contributed by atoms with Crippen molar-refractivity contribution in [3.63, 3.8) is 0 Å². The van der Waals surface area contributed by atoms with E-state index in [4.69, 9.17) is 15.5 Å². The molecule has 0 radical (unpaired) electrons. The zero-order chi connectivity index (χ0) is 14.2. The lowest BCUT2D eigenvalue weighted by Gasteiger charge is -2.31. The van der Waals surface area contributed by atoms with E-state index >= 15 is 0 Å². The minimum atomic E-state index is 0.383. The fraction of sp³-hybridized carbons (Fsp3) is 0.438. The molecule has 0 spiro atoms. The molecule has 2 aliphatic heterocycles. The van der Waals surface area contributed by atoms with Gasteiger partial charge in [-0.2, -0.15) is 0 Å². The summed E-state index contributed by atoms with van der Waals surface area (Å²) in [5.41, 5.74) is 8.11. The van der Waals surface area contributed by atoms with Crippen molar-refractivity contribution in [3.8, 4) is 11.3 Å². The Kier molecular flexibility index (Phi) is 3.41. The van der Waals surface area contributed by atoms with Crippen LogP contribution in [0.5, 0.6) is 0 Å². The Hall–Kier alpha value is -1.43. The first-order valence-electron chi connectivity index (χ1n) is 7.49. The van der Waals surface area contributed by atoms with E-state index in [1.807, 2.05) is 18.2 Å². The number of fused-ring (bicyclic) bond motifs is 2. The lowest BCUT2D eigenvalue weighted by Crippen LogP contribution is -2.42. The number of nitrogens with two attached hydrogens (primary N) is 1. The number of anilines is 1. The molecule has 5 heteroatoms. The number of morpholine rings is 1. The molecule has 4 rings (SSSR count). The first-order valence-corrected chi connectivity index (χ1v) is 8.30. The van der Waals surface area contributed by atoms with E-state index < -0.39 is 0 Å². The van der Waals surface area contributed by atoms with E-state index in [0.717, 1.165) is 34.4 Å². The second-order valence-electron chi connectivity index (χ2n) is 5.70. The Morgan fingerprint density at radius 2 is 1.90 bits per heavy atom. The molecule has 0 saturated carbocycles. The summed E-state index contributed by atoms with van der Waals surface area (Å²) in [6.07, 6.45) is 3.13. The minimum Gasteiger partial charge on any atom is -0.371 e. The summed E-state index contributed by atoms with van der Waals surface area (Å²) in [5.74, 6) is 0. The number of ether oxygens (including phenoxy) is 1. The molecule has 3 heterocycles. The van der Waals surface area contributed by atoms with Gasteiger partial charge in [0, 0.05) is 30.1 Å². The molecule has 2 bridgehead atoms. The highest BCUT2D eigenvalue weighted by molar-refractivity contribution is 7.16. The van der Waals surface area contributed by atoms with Crippen LogP contribution in [0.3, 0.4) is 0 Å². The quantitative estimate of drug-likeness (QED) is 0.947. The van der Waals surface area contributed by atoms with E-state index in [2.05, 4.69) is 17.0 Å². The highest BCUT2D eigenvalue weighted by atomic mass is 32.1. The smallest absolute Gasteiger partial charge is 0.186 e. The summed E-state index contributed by atoms with van der Waals surface area (Å²) in [6, 6.07) is 10.3. The second kappa shape index (κ2) is 5.40. The SMILES string of the molecule is NCc1sc(N2CC3CCC(C2)O3)nc1-c1ccccc1. The number of benzene rings is 1. The Morgan fingerprint density at radius 1 is 1.19 bits per heavy atom. The van der Waals surface area contributed by atoms with Gasteiger partial charge in [-0.25, -0.2) is 4.98 Å². The largest absolute Gasteiger partial charge is 0.371 e. The Morgan fingerprint density at radius 3 is 2.57 bits per heavy atom. The zero-order valence-electron chi connectivity index (χ0n) is 11.9. The molecule has 0 aliphatic carbocycles. The molecule has 2 atom stereocenters. The van der Waals surface area contributed by atoms with Gasteiger partial charge in [0.1, 0.15) is 0 Å². The van der Waals surface area contributed by atoms with Crippen molar-refractivity contribution in [2.75, 3.05) is 18.0 Å². The number of hydrogen-bond acceptors (Lipinski definition) is 5. The molecule has 2 aromatic rings. The van der Waals surface area contributed by atoms with E-state index in [-0.39, 0.29) is 0 Å². The zero-order valence-corrected chi connectivity index (χ0v) is 12.7. The lowest BCUT2D eigenvalue weighted by atomic mass is 10.1. The van der Waals surface area contributed by atoms with Gasteiger partial charge in [-0.15, -0.1) is 0 Å². The van der Waals surface area contributed by atoms with Crippen molar-refractivity contribution < 1.29 is 4.74 Å². The topological polar surface area (TPSA) is 51.4 Å². The third-order valence-electron chi connectivity index (χ3n) is 4.23.